The molecular formula is C36H49N5O9S. The van der Waals surface area contributed by atoms with E-state index in [1.54, 1.807) is 13.3 Å². The summed E-state index contributed by atoms with van der Waals surface area (Å²) in [5.41, 5.74) is -1.23. The van der Waals surface area contributed by atoms with Crippen LogP contribution in [0.4, 0.5) is 4.79 Å². The highest BCUT2D eigenvalue weighted by Gasteiger charge is 2.62. The van der Waals surface area contributed by atoms with E-state index < -0.39 is 68.2 Å². The van der Waals surface area contributed by atoms with Crippen LogP contribution in [0.2, 0.25) is 0 Å². The molecule has 15 heteroatoms. The van der Waals surface area contributed by atoms with Gasteiger partial charge in [-0.15, -0.1) is 0 Å². The van der Waals surface area contributed by atoms with Gasteiger partial charge in [0.2, 0.25) is 27.7 Å². The Morgan fingerprint density at radius 1 is 1.16 bits per heavy atom. The summed E-state index contributed by atoms with van der Waals surface area (Å²) >= 11 is 0. The van der Waals surface area contributed by atoms with E-state index in [4.69, 9.17) is 14.2 Å². The number of methoxy groups -OCH3 is 1. The molecule has 2 saturated carbocycles. The lowest BCUT2D eigenvalue weighted by molar-refractivity contribution is -0.143. The number of alkyl carbamates (subject to hydrolysis) is 1. The van der Waals surface area contributed by atoms with Gasteiger partial charge in [-0.2, -0.15) is 0 Å². The summed E-state index contributed by atoms with van der Waals surface area (Å²) in [6.07, 6.45) is 5.01. The molecule has 2 aromatic rings. The first kappa shape index (κ1) is 36.6. The summed E-state index contributed by atoms with van der Waals surface area (Å²) in [4.78, 5) is 61.1. The second-order valence-corrected chi connectivity index (χ2v) is 17.3. The van der Waals surface area contributed by atoms with Crippen molar-refractivity contribution in [2.24, 2.45) is 11.3 Å². The number of nitrogens with one attached hydrogen (secondary N) is 3. The van der Waals surface area contributed by atoms with Gasteiger partial charge in [-0.1, -0.05) is 34.1 Å². The number of amides is 4. The molecule has 3 fully saturated rings. The number of pyridine rings is 1. The zero-order chi connectivity index (χ0) is 36.7. The summed E-state index contributed by atoms with van der Waals surface area (Å²) in [5.74, 6) is -1.08. The Kier molecular flexibility index (Phi) is 10.1. The van der Waals surface area contributed by atoms with Crippen LogP contribution in [0.3, 0.4) is 0 Å². The highest BCUT2D eigenvalue weighted by Crippen LogP contribution is 2.47. The number of nitrogens with zero attached hydrogens (tertiary/aromatic N) is 2. The van der Waals surface area contributed by atoms with Crippen molar-refractivity contribution in [1.29, 1.82) is 0 Å². The topological polar surface area (TPSA) is 182 Å². The highest BCUT2D eigenvalue weighted by molar-refractivity contribution is 7.91. The second-order valence-electron chi connectivity index (χ2n) is 15.3. The average Bonchev–Trinajstić information content (AvgIpc) is 4.00. The van der Waals surface area contributed by atoms with Gasteiger partial charge in [0.15, 0.2) is 0 Å². The van der Waals surface area contributed by atoms with E-state index in [1.165, 1.54) is 4.90 Å². The van der Waals surface area contributed by atoms with Gasteiger partial charge in [-0.05, 0) is 85.4 Å². The second kappa shape index (κ2) is 14.1. The third kappa shape index (κ3) is 7.73. The zero-order valence-electron chi connectivity index (χ0n) is 30.0. The molecule has 6 rings (SSSR count). The number of cyclic esters (lactones) is 1. The van der Waals surface area contributed by atoms with Gasteiger partial charge in [-0.3, -0.25) is 19.1 Å². The number of carbonyl (C=O) groups excluding carboxylic acids is 4. The minimum atomic E-state index is -3.86. The normalized spacial score (nSPS) is 27.4. The van der Waals surface area contributed by atoms with Crippen LogP contribution in [0.1, 0.15) is 84.6 Å². The molecule has 0 spiro atoms. The fourth-order valence-electron chi connectivity index (χ4n) is 7.26. The molecule has 5 atom stereocenters. The van der Waals surface area contributed by atoms with E-state index in [9.17, 15) is 27.6 Å². The average molecular weight is 728 g/mol. The largest absolute Gasteiger partial charge is 0.496 e. The molecular weight excluding hydrogens is 678 g/mol. The maximum absolute atomic E-state index is 14.4. The number of ether oxygens (including phenoxy) is 3. The molecule has 4 aliphatic rings. The number of rotatable bonds is 7. The van der Waals surface area contributed by atoms with Crippen LogP contribution in [0.15, 0.2) is 24.4 Å². The summed E-state index contributed by atoms with van der Waals surface area (Å²) in [6, 6.07) is 3.64. The molecule has 2 aliphatic carbocycles. The summed E-state index contributed by atoms with van der Waals surface area (Å²) in [6.45, 7) is 7.46. The monoisotopic (exact) mass is 727 g/mol. The first-order chi connectivity index (χ1) is 24.2. The third-order valence-corrected chi connectivity index (χ3v) is 12.3. The van der Waals surface area contributed by atoms with E-state index in [0.29, 0.717) is 31.6 Å². The Morgan fingerprint density at radius 2 is 1.92 bits per heavy atom. The van der Waals surface area contributed by atoms with Crippen molar-refractivity contribution < 1.29 is 41.8 Å². The van der Waals surface area contributed by atoms with Crippen molar-refractivity contribution >= 4 is 44.6 Å². The Hall–Kier alpha value is -4.14. The number of carbonyl (C=O) groups is 4. The summed E-state index contributed by atoms with van der Waals surface area (Å²) in [7, 11) is -2.23. The quantitative estimate of drug-likeness (QED) is 0.383. The fourth-order valence-corrected chi connectivity index (χ4v) is 8.62. The van der Waals surface area contributed by atoms with Crippen LogP contribution in [-0.4, -0.2) is 91.4 Å². The number of hydrogen-bond acceptors (Lipinski definition) is 10. The van der Waals surface area contributed by atoms with E-state index in [0.717, 1.165) is 41.3 Å². The third-order valence-electron chi connectivity index (χ3n) is 10.5. The number of aryl methyl sites for hydroxylation is 1. The first-order valence-electron chi connectivity index (χ1n) is 17.9. The van der Waals surface area contributed by atoms with Crippen molar-refractivity contribution in [3.63, 3.8) is 0 Å². The fraction of sp³-hybridized carbons (Fsp3) is 0.639. The van der Waals surface area contributed by atoms with Gasteiger partial charge in [-0.25, -0.2) is 18.2 Å². The van der Waals surface area contributed by atoms with Gasteiger partial charge in [0.25, 0.3) is 5.91 Å². The standard InChI is InChI=1S/C36H49N5O9S/c1-6-23-19-36(23,33(44)40-51(46,47)25-11-12-25)39-30(42)27-18-24-20-41(27)32(43)29(35(2,3)4)38-34(45)49-15-9-7-8-10-22-16-26-21(17-28(22)48-5)13-14-37-31(26)50-24/h13-14,16-17,23-25,27,29H,6-12,15,18-20H2,1-5H3,(H,38,45)(H,39,42)(H,40,44)/t23-,24-,27+,29-,36-/m1/s1. The van der Waals surface area contributed by atoms with Crippen LogP contribution in [-0.2, 0) is 35.6 Å². The minimum absolute atomic E-state index is 0.00618. The van der Waals surface area contributed by atoms with Gasteiger partial charge in [0, 0.05) is 18.0 Å². The minimum Gasteiger partial charge on any atom is -0.496 e. The Morgan fingerprint density at radius 3 is 2.59 bits per heavy atom. The summed E-state index contributed by atoms with van der Waals surface area (Å²) < 4.78 is 45.3. The molecule has 2 aliphatic heterocycles. The van der Waals surface area contributed by atoms with Gasteiger partial charge in [0.1, 0.15) is 29.5 Å². The molecule has 0 radical (unpaired) electrons. The Balaban J connectivity index is 1.34. The van der Waals surface area contributed by atoms with E-state index in [1.807, 2.05) is 45.9 Å². The number of aromatic nitrogens is 1. The lowest BCUT2D eigenvalue weighted by atomic mass is 9.85. The molecule has 278 valence electrons. The maximum atomic E-state index is 14.4. The van der Waals surface area contributed by atoms with Gasteiger partial charge in [0.05, 0.1) is 25.5 Å². The Bertz CT molecular complexity index is 1810. The number of benzene rings is 1. The Labute approximate surface area is 298 Å². The maximum Gasteiger partial charge on any atom is 0.407 e. The van der Waals surface area contributed by atoms with Crippen molar-refractivity contribution in [2.45, 2.75) is 114 Å². The number of sulfonamides is 1. The SMILES string of the molecule is CC[C@@H]1C[C@]1(NC(=O)[C@@H]1C[C@@H]2CN1C(=O)[C@H](C(C)(C)C)NC(=O)OCCCCCc1cc3c(nccc3cc1OC)O2)C(=O)NS(=O)(=O)C1CC1. The predicted molar refractivity (Wildman–Crippen MR) is 187 cm³/mol. The van der Waals surface area contributed by atoms with Crippen LogP contribution >= 0.6 is 0 Å². The molecule has 1 saturated heterocycles. The number of fused-ring (bicyclic) bond motifs is 3. The van der Waals surface area contributed by atoms with Gasteiger partial charge < -0.3 is 29.7 Å². The van der Waals surface area contributed by atoms with Crippen molar-refractivity contribution in [2.75, 3.05) is 20.3 Å². The lowest BCUT2D eigenvalue weighted by Crippen LogP contribution is -2.60. The summed E-state index contributed by atoms with van der Waals surface area (Å²) in [5, 5.41) is 6.61. The van der Waals surface area contributed by atoms with E-state index in [-0.39, 0.29) is 31.9 Å². The molecule has 51 heavy (non-hydrogen) atoms. The van der Waals surface area contributed by atoms with Crippen LogP contribution in [0, 0.1) is 11.3 Å². The number of hydrogen-bond donors (Lipinski definition) is 3. The zero-order valence-corrected chi connectivity index (χ0v) is 30.8. The highest BCUT2D eigenvalue weighted by atomic mass is 32.2. The van der Waals surface area contributed by atoms with Crippen molar-refractivity contribution in [3.8, 4) is 11.6 Å². The molecule has 1 aromatic carbocycles. The van der Waals surface area contributed by atoms with E-state index in [2.05, 4.69) is 20.3 Å². The molecule has 3 heterocycles. The molecule has 4 amide bonds. The van der Waals surface area contributed by atoms with Crippen LogP contribution in [0.25, 0.3) is 10.8 Å². The lowest BCUT2D eigenvalue weighted by Gasteiger charge is -2.35. The van der Waals surface area contributed by atoms with Crippen molar-refractivity contribution in [1.82, 2.24) is 25.2 Å². The van der Waals surface area contributed by atoms with E-state index >= 15 is 0 Å². The van der Waals surface area contributed by atoms with Gasteiger partial charge >= 0.3 is 6.09 Å². The predicted octanol–water partition coefficient (Wildman–Crippen LogP) is 3.35. The molecule has 4 bridgehead atoms. The molecule has 1 aromatic heterocycles. The first-order valence-corrected chi connectivity index (χ1v) is 19.5. The van der Waals surface area contributed by atoms with Crippen molar-refractivity contribution in [3.05, 3.63) is 30.0 Å². The smallest absolute Gasteiger partial charge is 0.407 e. The molecule has 14 nitrogen and oxygen atoms in total. The molecule has 3 N–H and O–H groups in total. The van der Waals surface area contributed by atoms with Crippen LogP contribution in [0.5, 0.6) is 11.6 Å². The van der Waals surface area contributed by atoms with Crippen LogP contribution < -0.4 is 24.8 Å². The molecule has 0 unspecified atom stereocenters.